The third-order valence-corrected chi connectivity index (χ3v) is 5.44. The Balaban J connectivity index is 1.78. The average Bonchev–Trinajstić information content (AvgIpc) is 3.20. The summed E-state index contributed by atoms with van der Waals surface area (Å²) in [7, 11) is 0. The number of carbonyl (C=O) groups is 1. The van der Waals surface area contributed by atoms with Crippen molar-refractivity contribution in [2.45, 2.75) is 38.3 Å². The first-order chi connectivity index (χ1) is 12.1. The van der Waals surface area contributed by atoms with Crippen LogP contribution in [0.5, 0.6) is 0 Å². The Morgan fingerprint density at radius 2 is 1.80 bits per heavy atom. The molecule has 1 amide bonds. The minimum Gasteiger partial charge on any atom is -0.271 e. The molecule has 0 unspecified atom stereocenters. The third kappa shape index (κ3) is 2.71. The van der Waals surface area contributed by atoms with E-state index in [0.717, 1.165) is 42.5 Å². The first kappa shape index (κ1) is 16.2. The minimum absolute atomic E-state index is 0.0427. The zero-order valence-electron chi connectivity index (χ0n) is 14.2. The van der Waals surface area contributed by atoms with E-state index in [1.54, 1.807) is 4.90 Å². The lowest BCUT2D eigenvalue weighted by Crippen LogP contribution is -2.48. The number of hydrogen-bond donors (Lipinski definition) is 0. The predicted molar refractivity (Wildman–Crippen MR) is 104 cm³/mol. The lowest BCUT2D eigenvalue weighted by Gasteiger charge is -2.32. The summed E-state index contributed by atoms with van der Waals surface area (Å²) in [5, 5.41) is 0. The molecule has 4 rings (SSSR count). The average molecular weight is 348 g/mol. The molecule has 1 fully saturated rings. The fourth-order valence-corrected chi connectivity index (χ4v) is 4.27. The lowest BCUT2D eigenvalue weighted by molar-refractivity contribution is 0.0724. The number of aryl methyl sites for hydroxylation is 1. The molecule has 0 atom stereocenters. The molecule has 0 bridgehead atoms. The van der Waals surface area contributed by atoms with E-state index in [1.165, 1.54) is 0 Å². The van der Waals surface area contributed by atoms with Gasteiger partial charge in [-0.15, -0.1) is 0 Å². The van der Waals surface area contributed by atoms with Gasteiger partial charge in [-0.1, -0.05) is 54.2 Å². The van der Waals surface area contributed by atoms with E-state index in [0.29, 0.717) is 10.6 Å². The summed E-state index contributed by atoms with van der Waals surface area (Å²) in [6.07, 6.45) is 3.90. The summed E-state index contributed by atoms with van der Waals surface area (Å²) in [4.78, 5) is 20.6. The molecule has 3 nitrogen and oxygen atoms in total. The van der Waals surface area contributed by atoms with E-state index in [1.807, 2.05) is 42.5 Å². The zero-order chi connectivity index (χ0) is 17.4. The smallest absolute Gasteiger partial charge is 0.260 e. The summed E-state index contributed by atoms with van der Waals surface area (Å²) in [5.74, 6) is -0.0427. The highest BCUT2D eigenvalue weighted by atomic mass is 32.1. The van der Waals surface area contributed by atoms with Crippen LogP contribution in [0.2, 0.25) is 0 Å². The highest BCUT2D eigenvalue weighted by Gasteiger charge is 2.50. The van der Waals surface area contributed by atoms with Gasteiger partial charge in [-0.2, -0.15) is 0 Å². The fourth-order valence-electron chi connectivity index (χ4n) is 3.85. The maximum atomic E-state index is 13.2. The molecule has 1 spiro atoms. The summed E-state index contributed by atoms with van der Waals surface area (Å²) < 4.78 is 0. The summed E-state index contributed by atoms with van der Waals surface area (Å²) in [6, 6.07) is 17.6. The number of carbonyl (C=O) groups excluding carboxylic acids is 1. The van der Waals surface area contributed by atoms with Crippen LogP contribution in [-0.2, 0) is 0 Å². The Hall–Kier alpha value is -2.33. The zero-order valence-corrected chi connectivity index (χ0v) is 15.1. The van der Waals surface area contributed by atoms with Gasteiger partial charge in [0.25, 0.3) is 5.91 Å². The van der Waals surface area contributed by atoms with Gasteiger partial charge in [0.05, 0.1) is 0 Å². The van der Waals surface area contributed by atoms with Crippen LogP contribution >= 0.6 is 12.2 Å². The summed E-state index contributed by atoms with van der Waals surface area (Å²) in [5.41, 5.74) is 3.11. The van der Waals surface area contributed by atoms with Gasteiger partial charge in [-0.25, -0.2) is 0 Å². The Bertz CT molecular complexity index is 866. The minimum atomic E-state index is -0.497. The molecule has 0 saturated heterocycles. The van der Waals surface area contributed by atoms with Crippen molar-refractivity contribution in [3.05, 3.63) is 71.3 Å². The number of nitrogens with zero attached hydrogens (tertiary/aromatic N) is 2. The predicted octanol–water partition coefficient (Wildman–Crippen LogP) is 4.54. The molecule has 126 valence electrons. The fraction of sp³-hybridized carbons (Fsp3) is 0.286. The van der Waals surface area contributed by atoms with Gasteiger partial charge in [0.2, 0.25) is 0 Å². The van der Waals surface area contributed by atoms with Gasteiger partial charge in [-0.3, -0.25) is 14.7 Å². The van der Waals surface area contributed by atoms with Gasteiger partial charge < -0.3 is 0 Å². The third-order valence-electron chi connectivity index (χ3n) is 5.06. The maximum Gasteiger partial charge on any atom is 0.260 e. The van der Waals surface area contributed by atoms with Crippen molar-refractivity contribution in [1.82, 2.24) is 4.90 Å². The first-order valence-electron chi connectivity index (χ1n) is 8.72. The van der Waals surface area contributed by atoms with E-state index >= 15 is 0 Å². The quantitative estimate of drug-likeness (QED) is 0.747. The molecule has 1 saturated carbocycles. The summed E-state index contributed by atoms with van der Waals surface area (Å²) in [6.45, 7) is 2.06. The second-order valence-corrected chi connectivity index (χ2v) is 7.22. The van der Waals surface area contributed by atoms with Crippen LogP contribution in [0.1, 0.15) is 47.2 Å². The van der Waals surface area contributed by atoms with Crippen LogP contribution in [0.3, 0.4) is 0 Å². The molecule has 2 aliphatic rings. The van der Waals surface area contributed by atoms with E-state index in [-0.39, 0.29) is 5.91 Å². The van der Waals surface area contributed by atoms with Gasteiger partial charge in [0.1, 0.15) is 16.4 Å². The van der Waals surface area contributed by atoms with Crippen molar-refractivity contribution in [2.24, 2.45) is 4.99 Å². The SMILES string of the molecule is Cc1cccc(C2=NC3(CCCC3)N(C(=O)c3ccccc3)C2=S)c1. The number of amides is 1. The van der Waals surface area contributed by atoms with Crippen LogP contribution in [-0.4, -0.2) is 27.2 Å². The van der Waals surface area contributed by atoms with E-state index in [9.17, 15) is 4.79 Å². The molecule has 25 heavy (non-hydrogen) atoms. The molecule has 0 aromatic heterocycles. The maximum absolute atomic E-state index is 13.2. The molecule has 0 N–H and O–H groups in total. The van der Waals surface area contributed by atoms with E-state index < -0.39 is 5.66 Å². The number of rotatable bonds is 2. The van der Waals surface area contributed by atoms with Crippen molar-refractivity contribution in [3.8, 4) is 0 Å². The van der Waals surface area contributed by atoms with Crippen molar-refractivity contribution >= 4 is 28.8 Å². The Labute approximate surface area is 153 Å². The Kier molecular flexibility index (Phi) is 4.00. The van der Waals surface area contributed by atoms with Gasteiger partial charge in [-0.05, 0) is 50.8 Å². The first-order valence-corrected chi connectivity index (χ1v) is 9.12. The molecular formula is C21H20N2OS. The molecule has 2 aromatic rings. The van der Waals surface area contributed by atoms with Crippen LogP contribution in [0.15, 0.2) is 59.6 Å². The van der Waals surface area contributed by atoms with Crippen LogP contribution in [0, 0.1) is 6.92 Å². The number of aliphatic imine (C=N–C) groups is 1. The standard InChI is InChI=1S/C21H20N2OS/c1-15-8-7-11-17(14-15)18-20(25)23(21(22-18)12-5-6-13-21)19(24)16-9-3-2-4-10-16/h2-4,7-11,14H,5-6,12-13H2,1H3. The van der Waals surface area contributed by atoms with Gasteiger partial charge >= 0.3 is 0 Å². The van der Waals surface area contributed by atoms with Gasteiger partial charge in [0.15, 0.2) is 0 Å². The molecule has 0 radical (unpaired) electrons. The number of benzene rings is 2. The topological polar surface area (TPSA) is 32.7 Å². The second kappa shape index (κ2) is 6.19. The highest BCUT2D eigenvalue weighted by molar-refractivity contribution is 7.82. The molecular weight excluding hydrogens is 328 g/mol. The Morgan fingerprint density at radius 1 is 1.08 bits per heavy atom. The second-order valence-electron chi connectivity index (χ2n) is 6.83. The molecule has 2 aromatic carbocycles. The number of thiocarbonyl (C=S) groups is 1. The van der Waals surface area contributed by atoms with Crippen LogP contribution < -0.4 is 0 Å². The molecule has 1 heterocycles. The monoisotopic (exact) mass is 348 g/mol. The van der Waals surface area contributed by atoms with Crippen molar-refractivity contribution in [1.29, 1.82) is 0 Å². The van der Waals surface area contributed by atoms with E-state index in [4.69, 9.17) is 17.2 Å². The highest BCUT2D eigenvalue weighted by Crippen LogP contribution is 2.42. The molecule has 1 aliphatic heterocycles. The van der Waals surface area contributed by atoms with Crippen molar-refractivity contribution in [2.75, 3.05) is 0 Å². The van der Waals surface area contributed by atoms with Crippen molar-refractivity contribution in [3.63, 3.8) is 0 Å². The molecule has 4 heteroatoms. The van der Waals surface area contributed by atoms with E-state index in [2.05, 4.69) is 19.1 Å². The normalized spacial score (nSPS) is 18.7. The largest absolute Gasteiger partial charge is 0.271 e. The Morgan fingerprint density at radius 3 is 2.48 bits per heavy atom. The number of hydrogen-bond acceptors (Lipinski definition) is 3. The van der Waals surface area contributed by atoms with Crippen LogP contribution in [0.25, 0.3) is 0 Å². The van der Waals surface area contributed by atoms with Gasteiger partial charge in [0, 0.05) is 11.1 Å². The lowest BCUT2D eigenvalue weighted by atomic mass is 10.1. The summed E-state index contributed by atoms with van der Waals surface area (Å²) >= 11 is 5.75. The van der Waals surface area contributed by atoms with Crippen LogP contribution in [0.4, 0.5) is 0 Å². The van der Waals surface area contributed by atoms with Crippen molar-refractivity contribution < 1.29 is 4.79 Å². The molecule has 1 aliphatic carbocycles.